The zero-order chi connectivity index (χ0) is 11.5. The van der Waals surface area contributed by atoms with Crippen LogP contribution < -0.4 is 17.0 Å². The molecular formula is C8H11F3N4. The lowest BCUT2D eigenvalue weighted by molar-refractivity contribution is -0.155. The summed E-state index contributed by atoms with van der Waals surface area (Å²) in [5.74, 6) is 4.91. The van der Waals surface area contributed by atoms with Gasteiger partial charge in [0.25, 0.3) is 0 Å². The number of nitrogens with zero attached hydrogens (tertiary/aromatic N) is 1. The highest BCUT2D eigenvalue weighted by atomic mass is 19.4. The van der Waals surface area contributed by atoms with E-state index in [4.69, 9.17) is 11.6 Å². The fraction of sp³-hybridized carbons (Fsp3) is 0.375. The Hall–Kier alpha value is -1.34. The van der Waals surface area contributed by atoms with Crippen molar-refractivity contribution in [3.63, 3.8) is 0 Å². The van der Waals surface area contributed by atoms with Gasteiger partial charge in [-0.25, -0.2) is 10.4 Å². The van der Waals surface area contributed by atoms with E-state index in [9.17, 15) is 13.2 Å². The largest absolute Gasteiger partial charge is 0.405 e. The van der Waals surface area contributed by atoms with Gasteiger partial charge in [-0.05, 0) is 11.6 Å². The molecule has 1 aromatic heterocycles. The number of anilines is 1. The first-order valence-corrected chi connectivity index (χ1v) is 4.17. The number of alkyl halides is 3. The van der Waals surface area contributed by atoms with Crippen molar-refractivity contribution in [2.75, 3.05) is 5.73 Å². The first kappa shape index (κ1) is 11.7. The second-order valence-electron chi connectivity index (χ2n) is 3.01. The lowest BCUT2D eigenvalue weighted by Gasteiger charge is -2.19. The predicted molar refractivity (Wildman–Crippen MR) is 49.5 cm³/mol. The van der Waals surface area contributed by atoms with Crippen LogP contribution in [0.5, 0.6) is 0 Å². The number of nitrogen functional groups attached to an aromatic ring is 1. The van der Waals surface area contributed by atoms with Gasteiger partial charge >= 0.3 is 6.18 Å². The molecule has 1 aromatic rings. The van der Waals surface area contributed by atoms with Gasteiger partial charge in [-0.1, -0.05) is 6.07 Å². The maximum Gasteiger partial charge on any atom is 0.405 e. The molecule has 15 heavy (non-hydrogen) atoms. The molecular weight excluding hydrogens is 209 g/mol. The fourth-order valence-electron chi connectivity index (χ4n) is 1.11. The molecule has 1 rings (SSSR count). The van der Waals surface area contributed by atoms with Gasteiger partial charge in [0.2, 0.25) is 0 Å². The quantitative estimate of drug-likeness (QED) is 0.515. The number of aromatic nitrogens is 1. The average molecular weight is 220 g/mol. The van der Waals surface area contributed by atoms with E-state index < -0.39 is 12.2 Å². The number of hydrogen-bond acceptors (Lipinski definition) is 4. The minimum absolute atomic E-state index is 0.0852. The van der Waals surface area contributed by atoms with Crippen molar-refractivity contribution >= 4 is 5.82 Å². The van der Waals surface area contributed by atoms with Gasteiger partial charge in [-0.15, -0.1) is 0 Å². The molecule has 1 atom stereocenters. The molecule has 0 saturated carbocycles. The molecule has 0 amide bonds. The van der Waals surface area contributed by atoms with Gasteiger partial charge in [0.1, 0.15) is 11.9 Å². The molecule has 0 aromatic carbocycles. The van der Waals surface area contributed by atoms with Crippen molar-refractivity contribution < 1.29 is 13.2 Å². The number of nitrogens with one attached hydrogen (secondary N) is 1. The second-order valence-corrected chi connectivity index (χ2v) is 3.01. The van der Waals surface area contributed by atoms with E-state index >= 15 is 0 Å². The van der Waals surface area contributed by atoms with E-state index in [0.29, 0.717) is 5.56 Å². The summed E-state index contributed by atoms with van der Waals surface area (Å²) in [5, 5.41) is 0. The summed E-state index contributed by atoms with van der Waals surface area (Å²) in [7, 11) is 0. The smallest absolute Gasteiger partial charge is 0.383 e. The standard InChI is InChI=1S/C8H11F3N4/c9-8(10,11)6(15-13)4-5-2-1-3-14-7(5)12/h1-3,6,15H,4,13H2,(H2,12,14). The summed E-state index contributed by atoms with van der Waals surface area (Å²) in [5.41, 5.74) is 7.45. The summed E-state index contributed by atoms with van der Waals surface area (Å²) < 4.78 is 37.0. The van der Waals surface area contributed by atoms with Crippen molar-refractivity contribution in [1.82, 2.24) is 10.4 Å². The van der Waals surface area contributed by atoms with Crippen LogP contribution >= 0.6 is 0 Å². The van der Waals surface area contributed by atoms with E-state index in [0.717, 1.165) is 0 Å². The Morgan fingerprint density at radius 3 is 2.60 bits per heavy atom. The summed E-state index contributed by atoms with van der Waals surface area (Å²) >= 11 is 0. The van der Waals surface area contributed by atoms with E-state index in [1.54, 1.807) is 5.43 Å². The number of rotatable bonds is 3. The van der Waals surface area contributed by atoms with Crippen LogP contribution in [-0.4, -0.2) is 17.2 Å². The molecule has 0 fully saturated rings. The third-order valence-electron chi connectivity index (χ3n) is 1.95. The monoisotopic (exact) mass is 220 g/mol. The first-order valence-electron chi connectivity index (χ1n) is 4.17. The lowest BCUT2D eigenvalue weighted by Crippen LogP contribution is -2.47. The minimum Gasteiger partial charge on any atom is -0.383 e. The van der Waals surface area contributed by atoms with Crippen LogP contribution in [0, 0.1) is 0 Å². The van der Waals surface area contributed by atoms with E-state index in [2.05, 4.69) is 4.98 Å². The Bertz CT molecular complexity index is 326. The molecule has 0 saturated heterocycles. The SMILES string of the molecule is NNC(Cc1cccnc1N)C(F)(F)F. The second kappa shape index (κ2) is 4.45. The van der Waals surface area contributed by atoms with Gasteiger partial charge in [-0.3, -0.25) is 5.84 Å². The fourth-order valence-corrected chi connectivity index (χ4v) is 1.11. The Morgan fingerprint density at radius 1 is 1.47 bits per heavy atom. The Labute approximate surface area is 84.4 Å². The van der Waals surface area contributed by atoms with Crippen molar-refractivity contribution in [2.24, 2.45) is 5.84 Å². The Kier molecular flexibility index (Phi) is 3.48. The highest BCUT2D eigenvalue weighted by Gasteiger charge is 2.39. The van der Waals surface area contributed by atoms with Crippen LogP contribution in [0.4, 0.5) is 19.0 Å². The number of hydrogen-bond donors (Lipinski definition) is 3. The maximum atomic E-state index is 12.3. The first-order chi connectivity index (χ1) is 6.95. The van der Waals surface area contributed by atoms with E-state index in [-0.39, 0.29) is 12.2 Å². The zero-order valence-corrected chi connectivity index (χ0v) is 7.75. The summed E-state index contributed by atoms with van der Waals surface area (Å²) in [6.45, 7) is 0. The molecule has 1 unspecified atom stereocenters. The van der Waals surface area contributed by atoms with Crippen LogP contribution in [0.2, 0.25) is 0 Å². The normalized spacial score (nSPS) is 13.9. The van der Waals surface area contributed by atoms with E-state index in [1.807, 2.05) is 0 Å². The molecule has 7 heteroatoms. The number of hydrazine groups is 1. The molecule has 0 aliphatic heterocycles. The van der Waals surface area contributed by atoms with Gasteiger partial charge < -0.3 is 5.73 Å². The molecule has 0 radical (unpaired) electrons. The average Bonchev–Trinajstić information content (AvgIpc) is 2.14. The van der Waals surface area contributed by atoms with Gasteiger partial charge in [0.15, 0.2) is 0 Å². The highest BCUT2D eigenvalue weighted by molar-refractivity contribution is 5.39. The van der Waals surface area contributed by atoms with Gasteiger partial charge in [0.05, 0.1) is 0 Å². The molecule has 5 N–H and O–H groups in total. The molecule has 0 spiro atoms. The van der Waals surface area contributed by atoms with Crippen molar-refractivity contribution in [3.8, 4) is 0 Å². The van der Waals surface area contributed by atoms with Crippen LogP contribution in [0.25, 0.3) is 0 Å². The molecule has 0 aliphatic rings. The third kappa shape index (κ3) is 3.07. The topological polar surface area (TPSA) is 77.0 Å². The van der Waals surface area contributed by atoms with Crippen LogP contribution in [0.15, 0.2) is 18.3 Å². The predicted octanol–water partition coefficient (Wildman–Crippen LogP) is 0.600. The van der Waals surface area contributed by atoms with Gasteiger partial charge in [0, 0.05) is 12.6 Å². The summed E-state index contributed by atoms with van der Waals surface area (Å²) in [6.07, 6.45) is -3.33. The summed E-state index contributed by atoms with van der Waals surface area (Å²) in [4.78, 5) is 3.69. The Morgan fingerprint density at radius 2 is 2.13 bits per heavy atom. The number of halogens is 3. The van der Waals surface area contributed by atoms with Crippen molar-refractivity contribution in [1.29, 1.82) is 0 Å². The van der Waals surface area contributed by atoms with Crippen LogP contribution in [0.1, 0.15) is 5.56 Å². The van der Waals surface area contributed by atoms with E-state index in [1.165, 1.54) is 18.3 Å². The molecule has 0 bridgehead atoms. The zero-order valence-electron chi connectivity index (χ0n) is 7.75. The minimum atomic E-state index is -4.41. The molecule has 1 heterocycles. The third-order valence-corrected chi connectivity index (χ3v) is 1.95. The molecule has 0 aliphatic carbocycles. The maximum absolute atomic E-state index is 12.3. The van der Waals surface area contributed by atoms with Crippen molar-refractivity contribution in [2.45, 2.75) is 18.6 Å². The van der Waals surface area contributed by atoms with Crippen LogP contribution in [0.3, 0.4) is 0 Å². The van der Waals surface area contributed by atoms with Crippen molar-refractivity contribution in [3.05, 3.63) is 23.9 Å². The number of pyridine rings is 1. The number of nitrogens with two attached hydrogens (primary N) is 2. The van der Waals surface area contributed by atoms with Crippen LogP contribution in [-0.2, 0) is 6.42 Å². The highest BCUT2D eigenvalue weighted by Crippen LogP contribution is 2.23. The Balaban J connectivity index is 2.80. The summed E-state index contributed by atoms with van der Waals surface area (Å²) in [6, 6.07) is 1.19. The molecule has 4 nitrogen and oxygen atoms in total. The molecule has 84 valence electrons. The van der Waals surface area contributed by atoms with Gasteiger partial charge in [-0.2, -0.15) is 13.2 Å². The lowest BCUT2D eigenvalue weighted by atomic mass is 10.1.